The van der Waals surface area contributed by atoms with Gasteiger partial charge >= 0.3 is 0 Å². The third-order valence-corrected chi connectivity index (χ3v) is 2.55. The van der Waals surface area contributed by atoms with Gasteiger partial charge in [0.2, 0.25) is 0 Å². The van der Waals surface area contributed by atoms with Crippen LogP contribution in [-0.2, 0) is 0 Å². The van der Waals surface area contributed by atoms with Crippen molar-refractivity contribution in [2.45, 2.75) is 25.8 Å². The van der Waals surface area contributed by atoms with Gasteiger partial charge < -0.3 is 16.2 Å². The second-order valence-electron chi connectivity index (χ2n) is 3.91. The molecule has 16 heavy (non-hydrogen) atoms. The van der Waals surface area contributed by atoms with E-state index < -0.39 is 0 Å². The molecule has 0 bridgehead atoms. The lowest BCUT2D eigenvalue weighted by Crippen LogP contribution is -2.29. The lowest BCUT2D eigenvalue weighted by molar-refractivity contribution is 0.282. The first-order chi connectivity index (χ1) is 7.77. The monoisotopic (exact) mass is 223 g/mol. The van der Waals surface area contributed by atoms with Crippen LogP contribution in [0, 0.1) is 6.92 Å². The molecule has 0 saturated carbocycles. The molecule has 4 N–H and O–H groups in total. The van der Waals surface area contributed by atoms with Crippen LogP contribution in [0.2, 0.25) is 0 Å². The summed E-state index contributed by atoms with van der Waals surface area (Å²) in [5.74, 6) is 0. The van der Waals surface area contributed by atoms with Crippen molar-refractivity contribution in [1.29, 1.82) is 0 Å². The van der Waals surface area contributed by atoms with Gasteiger partial charge in [-0.2, -0.15) is 0 Å². The Hall–Kier alpha value is -0.970. The highest BCUT2D eigenvalue weighted by molar-refractivity contribution is 5.17. The summed E-state index contributed by atoms with van der Waals surface area (Å²) in [5, 5.41) is 12.0. The van der Waals surface area contributed by atoms with E-state index in [9.17, 15) is 0 Å². The van der Waals surface area contributed by atoms with E-state index in [4.69, 9.17) is 10.8 Å². The van der Waals surface area contributed by atoms with Gasteiger partial charge in [0.1, 0.15) is 0 Å². The van der Waals surface area contributed by atoms with Crippen molar-refractivity contribution in [3.05, 3.63) is 29.6 Å². The predicted octanol–water partition coefficient (Wildman–Crippen LogP) is 0.752. The first kappa shape index (κ1) is 13.1. The van der Waals surface area contributed by atoms with Gasteiger partial charge in [-0.05, 0) is 37.9 Å². The van der Waals surface area contributed by atoms with Crippen molar-refractivity contribution in [3.8, 4) is 0 Å². The van der Waals surface area contributed by atoms with Crippen molar-refractivity contribution in [3.63, 3.8) is 0 Å². The van der Waals surface area contributed by atoms with Gasteiger partial charge in [0.25, 0.3) is 0 Å². The summed E-state index contributed by atoms with van der Waals surface area (Å²) in [4.78, 5) is 4.26. The quantitative estimate of drug-likeness (QED) is 0.597. The molecule has 4 heteroatoms. The number of nitrogens with zero attached hydrogens (tertiary/aromatic N) is 1. The minimum Gasteiger partial charge on any atom is -0.396 e. The van der Waals surface area contributed by atoms with Gasteiger partial charge in [-0.15, -0.1) is 0 Å². The van der Waals surface area contributed by atoms with Crippen LogP contribution in [0.5, 0.6) is 0 Å². The zero-order chi connectivity index (χ0) is 11.8. The Bertz CT molecular complexity index is 287. The third-order valence-electron chi connectivity index (χ3n) is 2.55. The number of nitrogens with one attached hydrogen (secondary N) is 1. The number of pyridine rings is 1. The molecule has 0 aromatic carbocycles. The van der Waals surface area contributed by atoms with E-state index in [2.05, 4.69) is 16.4 Å². The average Bonchev–Trinajstić information content (AvgIpc) is 2.31. The normalized spacial score (nSPS) is 12.7. The van der Waals surface area contributed by atoms with Gasteiger partial charge in [-0.3, -0.25) is 4.98 Å². The lowest BCUT2D eigenvalue weighted by Gasteiger charge is -2.16. The fourth-order valence-electron chi connectivity index (χ4n) is 1.54. The largest absolute Gasteiger partial charge is 0.396 e. The molecule has 1 aromatic rings. The zero-order valence-corrected chi connectivity index (χ0v) is 9.82. The van der Waals surface area contributed by atoms with E-state index in [0.29, 0.717) is 6.54 Å². The molecule has 1 aromatic heterocycles. The van der Waals surface area contributed by atoms with E-state index in [0.717, 1.165) is 30.6 Å². The lowest BCUT2D eigenvalue weighted by atomic mass is 10.1. The van der Waals surface area contributed by atoms with Crippen LogP contribution in [0.4, 0.5) is 0 Å². The second-order valence-corrected chi connectivity index (χ2v) is 3.91. The number of hydrogen-bond acceptors (Lipinski definition) is 4. The molecule has 0 saturated heterocycles. The SMILES string of the molecule is Cc1ccc(C(CN)NCCCCO)cn1. The van der Waals surface area contributed by atoms with E-state index in [1.165, 1.54) is 0 Å². The predicted molar refractivity (Wildman–Crippen MR) is 65.1 cm³/mol. The highest BCUT2D eigenvalue weighted by Gasteiger charge is 2.08. The van der Waals surface area contributed by atoms with Gasteiger partial charge in [0, 0.05) is 31.1 Å². The number of hydrogen-bond donors (Lipinski definition) is 3. The van der Waals surface area contributed by atoms with Crippen LogP contribution >= 0.6 is 0 Å². The van der Waals surface area contributed by atoms with Crippen molar-refractivity contribution in [1.82, 2.24) is 10.3 Å². The Kier molecular flexibility index (Phi) is 6.00. The van der Waals surface area contributed by atoms with E-state index >= 15 is 0 Å². The fraction of sp³-hybridized carbons (Fsp3) is 0.583. The number of aliphatic hydroxyl groups excluding tert-OH is 1. The highest BCUT2D eigenvalue weighted by Crippen LogP contribution is 2.10. The number of aliphatic hydroxyl groups is 1. The molecule has 0 fully saturated rings. The molecule has 90 valence electrons. The summed E-state index contributed by atoms with van der Waals surface area (Å²) in [6, 6.07) is 4.21. The smallest absolute Gasteiger partial charge is 0.0459 e. The molecule has 0 radical (unpaired) electrons. The van der Waals surface area contributed by atoms with Gasteiger partial charge in [0.15, 0.2) is 0 Å². The van der Waals surface area contributed by atoms with Gasteiger partial charge in [0.05, 0.1) is 0 Å². The standard InChI is InChI=1S/C12H21N3O/c1-10-4-5-11(9-15-10)12(8-13)14-6-2-3-7-16/h4-5,9,12,14,16H,2-3,6-8,13H2,1H3. The van der Waals surface area contributed by atoms with Crippen LogP contribution in [0.25, 0.3) is 0 Å². The topological polar surface area (TPSA) is 71.2 Å². The maximum atomic E-state index is 8.67. The van der Waals surface area contributed by atoms with Crippen molar-refractivity contribution >= 4 is 0 Å². The van der Waals surface area contributed by atoms with E-state index in [1.54, 1.807) is 0 Å². The Morgan fingerprint density at radius 2 is 2.25 bits per heavy atom. The summed E-state index contributed by atoms with van der Waals surface area (Å²) >= 11 is 0. The van der Waals surface area contributed by atoms with Gasteiger partial charge in [-0.25, -0.2) is 0 Å². The summed E-state index contributed by atoms with van der Waals surface area (Å²) in [5.41, 5.74) is 7.85. The summed E-state index contributed by atoms with van der Waals surface area (Å²) in [6.07, 6.45) is 3.66. The Labute approximate surface area is 96.9 Å². The van der Waals surface area contributed by atoms with Crippen LogP contribution in [0.15, 0.2) is 18.3 Å². The first-order valence-electron chi connectivity index (χ1n) is 5.74. The highest BCUT2D eigenvalue weighted by atomic mass is 16.2. The van der Waals surface area contributed by atoms with Crippen LogP contribution in [0.1, 0.15) is 30.1 Å². The molecule has 0 aliphatic carbocycles. The maximum absolute atomic E-state index is 8.67. The van der Waals surface area contributed by atoms with E-state index in [1.807, 2.05) is 19.2 Å². The average molecular weight is 223 g/mol. The minimum absolute atomic E-state index is 0.159. The Morgan fingerprint density at radius 3 is 2.81 bits per heavy atom. The molecular formula is C12H21N3O. The van der Waals surface area contributed by atoms with Crippen LogP contribution < -0.4 is 11.1 Å². The van der Waals surface area contributed by atoms with E-state index in [-0.39, 0.29) is 12.6 Å². The molecular weight excluding hydrogens is 202 g/mol. The van der Waals surface area contributed by atoms with Crippen LogP contribution in [0.3, 0.4) is 0 Å². The number of rotatable bonds is 7. The van der Waals surface area contributed by atoms with Crippen molar-refractivity contribution in [2.75, 3.05) is 19.7 Å². The summed E-state index contributed by atoms with van der Waals surface area (Å²) in [6.45, 7) is 3.65. The molecule has 0 amide bonds. The van der Waals surface area contributed by atoms with Crippen molar-refractivity contribution in [2.24, 2.45) is 5.73 Å². The molecule has 0 aliphatic heterocycles. The third kappa shape index (κ3) is 4.26. The first-order valence-corrected chi connectivity index (χ1v) is 5.74. The fourth-order valence-corrected chi connectivity index (χ4v) is 1.54. The Morgan fingerprint density at radius 1 is 1.44 bits per heavy atom. The number of unbranched alkanes of at least 4 members (excludes halogenated alkanes) is 1. The maximum Gasteiger partial charge on any atom is 0.0459 e. The number of nitrogens with two attached hydrogens (primary N) is 1. The molecule has 1 heterocycles. The van der Waals surface area contributed by atoms with Crippen LogP contribution in [-0.4, -0.2) is 29.8 Å². The summed E-state index contributed by atoms with van der Waals surface area (Å²) < 4.78 is 0. The molecule has 0 aliphatic rings. The molecule has 1 unspecified atom stereocenters. The Balaban J connectivity index is 2.44. The van der Waals surface area contributed by atoms with Gasteiger partial charge in [-0.1, -0.05) is 6.07 Å². The molecule has 4 nitrogen and oxygen atoms in total. The number of aryl methyl sites for hydroxylation is 1. The molecule has 0 spiro atoms. The summed E-state index contributed by atoms with van der Waals surface area (Å²) in [7, 11) is 0. The molecule has 1 rings (SSSR count). The second kappa shape index (κ2) is 7.33. The van der Waals surface area contributed by atoms with Crippen molar-refractivity contribution < 1.29 is 5.11 Å². The number of aromatic nitrogens is 1. The zero-order valence-electron chi connectivity index (χ0n) is 9.82. The molecule has 1 atom stereocenters. The minimum atomic E-state index is 0.159.